The largest absolute Gasteiger partial charge is 0.438 e. The quantitative estimate of drug-likeness (QED) is 0.360. The molecule has 5 rings (SSSR count). The molecule has 2 aliphatic rings. The molecule has 0 radical (unpaired) electrons. The Hall–Kier alpha value is -3.59. The zero-order chi connectivity index (χ0) is 24.4. The fourth-order valence-corrected chi connectivity index (χ4v) is 4.64. The van der Waals surface area contributed by atoms with Gasteiger partial charge >= 0.3 is 0 Å². The molecule has 0 saturated carbocycles. The highest BCUT2D eigenvalue weighted by atomic mass is 19.1. The molecule has 182 valence electrons. The van der Waals surface area contributed by atoms with E-state index in [1.807, 2.05) is 6.07 Å². The lowest BCUT2D eigenvalue weighted by Crippen LogP contribution is -2.36. The summed E-state index contributed by atoms with van der Waals surface area (Å²) in [5, 5.41) is 11.2. The van der Waals surface area contributed by atoms with Crippen molar-refractivity contribution in [2.75, 3.05) is 24.5 Å². The fourth-order valence-electron chi connectivity index (χ4n) is 4.64. The van der Waals surface area contributed by atoms with Crippen LogP contribution in [0.2, 0.25) is 0 Å². The average molecular weight is 478 g/mol. The van der Waals surface area contributed by atoms with Crippen LogP contribution in [0.3, 0.4) is 0 Å². The molecule has 0 unspecified atom stereocenters. The van der Waals surface area contributed by atoms with E-state index in [9.17, 15) is 14.5 Å². The number of hydrogen-bond acceptors (Lipinski definition) is 7. The van der Waals surface area contributed by atoms with Crippen LogP contribution in [0.15, 0.2) is 48.5 Å². The third kappa shape index (κ3) is 5.40. The summed E-state index contributed by atoms with van der Waals surface area (Å²) in [4.78, 5) is 24.9. The lowest BCUT2D eigenvalue weighted by atomic mass is 9.99. The van der Waals surface area contributed by atoms with Crippen LogP contribution in [0.4, 0.5) is 16.0 Å². The van der Waals surface area contributed by atoms with E-state index in [-0.39, 0.29) is 16.4 Å². The fraction of sp³-hybridized carbons (Fsp3) is 0.385. The second kappa shape index (κ2) is 9.95. The number of halogens is 1. The van der Waals surface area contributed by atoms with E-state index < -0.39 is 0 Å². The molecule has 0 N–H and O–H groups in total. The van der Waals surface area contributed by atoms with E-state index in [1.165, 1.54) is 18.2 Å². The summed E-state index contributed by atoms with van der Waals surface area (Å²) in [6.45, 7) is 6.00. The third-order valence-corrected chi connectivity index (χ3v) is 6.71. The minimum atomic E-state index is -0.375. The molecule has 1 fully saturated rings. The second-order valence-electron chi connectivity index (χ2n) is 9.37. The van der Waals surface area contributed by atoms with Crippen molar-refractivity contribution in [3.8, 4) is 11.6 Å². The Morgan fingerprint density at radius 1 is 1.11 bits per heavy atom. The minimum absolute atomic E-state index is 0.0871. The number of rotatable bonds is 6. The highest BCUT2D eigenvalue weighted by Gasteiger charge is 2.27. The number of piperidine rings is 1. The van der Waals surface area contributed by atoms with Crippen molar-refractivity contribution in [3.63, 3.8) is 0 Å². The van der Waals surface area contributed by atoms with Crippen LogP contribution in [-0.2, 0) is 19.5 Å². The molecule has 1 aromatic heterocycles. The van der Waals surface area contributed by atoms with Crippen molar-refractivity contribution >= 4 is 11.6 Å². The van der Waals surface area contributed by atoms with Gasteiger partial charge in [-0.25, -0.2) is 9.37 Å². The molecule has 35 heavy (non-hydrogen) atoms. The smallest absolute Gasteiger partial charge is 0.269 e. The summed E-state index contributed by atoms with van der Waals surface area (Å²) in [5.41, 5.74) is 2.83. The first-order valence-electron chi connectivity index (χ1n) is 12.0. The molecule has 9 heteroatoms. The van der Waals surface area contributed by atoms with Crippen LogP contribution >= 0.6 is 0 Å². The average Bonchev–Trinajstić information content (AvgIpc) is 2.86. The molecular weight excluding hydrogens is 449 g/mol. The molecule has 0 atom stereocenters. The summed E-state index contributed by atoms with van der Waals surface area (Å²) < 4.78 is 19.6. The first kappa shape index (κ1) is 23.2. The minimum Gasteiger partial charge on any atom is -0.438 e. The van der Waals surface area contributed by atoms with E-state index in [1.54, 1.807) is 24.3 Å². The highest BCUT2D eigenvalue weighted by molar-refractivity contribution is 5.44. The molecule has 1 saturated heterocycles. The molecule has 0 aliphatic carbocycles. The van der Waals surface area contributed by atoms with E-state index in [0.29, 0.717) is 36.6 Å². The van der Waals surface area contributed by atoms with Gasteiger partial charge in [0.25, 0.3) is 5.69 Å². The van der Waals surface area contributed by atoms with Crippen LogP contribution in [0.5, 0.6) is 11.6 Å². The number of aromatic nitrogens is 2. The Morgan fingerprint density at radius 3 is 2.63 bits per heavy atom. The molecule has 2 aromatic carbocycles. The topological polar surface area (TPSA) is 84.6 Å². The first-order valence-corrected chi connectivity index (χ1v) is 12.0. The molecule has 3 heterocycles. The Balaban J connectivity index is 1.43. The van der Waals surface area contributed by atoms with Gasteiger partial charge < -0.3 is 9.64 Å². The molecular formula is C26H28FN5O3. The van der Waals surface area contributed by atoms with Crippen LogP contribution < -0.4 is 9.64 Å². The van der Waals surface area contributed by atoms with E-state index >= 15 is 0 Å². The molecule has 0 bridgehead atoms. The van der Waals surface area contributed by atoms with Gasteiger partial charge in [-0.1, -0.05) is 19.1 Å². The predicted molar refractivity (Wildman–Crippen MR) is 130 cm³/mol. The zero-order valence-corrected chi connectivity index (χ0v) is 19.7. The normalized spacial score (nSPS) is 16.7. The van der Waals surface area contributed by atoms with Gasteiger partial charge in [0.05, 0.1) is 16.2 Å². The first-order chi connectivity index (χ1) is 16.9. The number of anilines is 1. The Labute approximate surface area is 203 Å². The van der Waals surface area contributed by atoms with Crippen molar-refractivity contribution in [2.45, 2.75) is 39.3 Å². The summed E-state index contributed by atoms with van der Waals surface area (Å²) in [7, 11) is 0. The Bertz CT molecular complexity index is 1210. The van der Waals surface area contributed by atoms with E-state index in [4.69, 9.17) is 14.7 Å². The van der Waals surface area contributed by atoms with Gasteiger partial charge in [-0.05, 0) is 48.6 Å². The monoisotopic (exact) mass is 477 g/mol. The second-order valence-corrected chi connectivity index (χ2v) is 9.37. The molecule has 0 amide bonds. The van der Waals surface area contributed by atoms with Crippen LogP contribution in [0.1, 0.15) is 36.6 Å². The summed E-state index contributed by atoms with van der Waals surface area (Å²) in [6, 6.07) is 12.6. The maximum absolute atomic E-state index is 13.4. The summed E-state index contributed by atoms with van der Waals surface area (Å²) in [5.74, 6) is 2.05. The van der Waals surface area contributed by atoms with Crippen molar-refractivity contribution in [2.24, 2.45) is 5.92 Å². The number of hydrogen-bond donors (Lipinski definition) is 0. The Morgan fingerprint density at radius 2 is 1.89 bits per heavy atom. The molecule has 0 spiro atoms. The number of nitro groups is 1. The molecule has 8 nitrogen and oxygen atoms in total. The van der Waals surface area contributed by atoms with E-state index in [0.717, 1.165) is 55.7 Å². The lowest BCUT2D eigenvalue weighted by Gasteiger charge is -2.33. The van der Waals surface area contributed by atoms with Gasteiger partial charge in [-0.2, -0.15) is 4.98 Å². The van der Waals surface area contributed by atoms with Crippen LogP contribution in [-0.4, -0.2) is 39.4 Å². The summed E-state index contributed by atoms with van der Waals surface area (Å²) >= 11 is 0. The number of non-ortho nitro benzene ring substituents is 1. The number of fused-ring (bicyclic) bond motifs is 1. The highest BCUT2D eigenvalue weighted by Crippen LogP contribution is 2.33. The maximum Gasteiger partial charge on any atom is 0.269 e. The zero-order valence-electron chi connectivity index (χ0n) is 19.7. The van der Waals surface area contributed by atoms with Crippen LogP contribution in [0.25, 0.3) is 0 Å². The summed E-state index contributed by atoms with van der Waals surface area (Å²) in [6.07, 6.45) is 2.93. The number of ether oxygens (including phenoxy) is 1. The van der Waals surface area contributed by atoms with E-state index in [2.05, 4.69) is 16.7 Å². The van der Waals surface area contributed by atoms with Gasteiger partial charge in [-0.15, -0.1) is 0 Å². The molecule has 3 aromatic rings. The number of nitrogens with zero attached hydrogens (tertiary/aromatic N) is 5. The van der Waals surface area contributed by atoms with Gasteiger partial charge in [0.1, 0.15) is 11.6 Å². The van der Waals surface area contributed by atoms with Gasteiger partial charge in [0.2, 0.25) is 11.8 Å². The van der Waals surface area contributed by atoms with Gasteiger partial charge in [0, 0.05) is 51.3 Å². The van der Waals surface area contributed by atoms with Crippen molar-refractivity contribution in [3.05, 3.63) is 81.3 Å². The van der Waals surface area contributed by atoms with Crippen molar-refractivity contribution < 1.29 is 14.1 Å². The standard InChI is InChI=1S/C26H28FN5O3/c1-18-9-13-31(14-10-18)26-28-24-11-12-30(16-19-3-2-4-21(15-19)32(33)34)17-23(24)25(29-26)35-22-7-5-20(27)6-8-22/h2-8,15,18H,9-14,16-17H2,1H3. The Kier molecular flexibility index (Phi) is 6.59. The SMILES string of the molecule is CC1CCN(c2nc3c(c(Oc4ccc(F)cc4)n2)CN(Cc2cccc([N+](=O)[O-])c2)CC3)CC1. The van der Waals surface area contributed by atoms with Crippen molar-refractivity contribution in [1.82, 2.24) is 14.9 Å². The van der Waals surface area contributed by atoms with Gasteiger partial charge in [-0.3, -0.25) is 15.0 Å². The maximum atomic E-state index is 13.4. The lowest BCUT2D eigenvalue weighted by molar-refractivity contribution is -0.384. The van der Waals surface area contributed by atoms with Crippen molar-refractivity contribution in [1.29, 1.82) is 0 Å². The third-order valence-electron chi connectivity index (χ3n) is 6.71. The number of nitro benzene ring substituents is 1. The van der Waals surface area contributed by atoms with Crippen LogP contribution in [0, 0.1) is 21.8 Å². The van der Waals surface area contributed by atoms with Gasteiger partial charge in [0.15, 0.2) is 0 Å². The number of benzene rings is 2. The molecule has 2 aliphatic heterocycles. The predicted octanol–water partition coefficient (Wildman–Crippen LogP) is 5.11.